The van der Waals surface area contributed by atoms with Gasteiger partial charge in [-0.15, -0.1) is 0 Å². The van der Waals surface area contributed by atoms with Crippen LogP contribution in [-0.2, 0) is 4.79 Å². The quantitative estimate of drug-likeness (QED) is 0.877. The van der Waals surface area contributed by atoms with E-state index in [9.17, 15) is 18.4 Å². The second-order valence-electron chi connectivity index (χ2n) is 4.38. The molecule has 22 heavy (non-hydrogen) atoms. The van der Waals surface area contributed by atoms with Crippen LogP contribution in [-0.4, -0.2) is 27.0 Å². The Balaban J connectivity index is 2.26. The van der Waals surface area contributed by atoms with Crippen LogP contribution in [0.1, 0.15) is 28.5 Å². The van der Waals surface area contributed by atoms with Crippen LogP contribution in [0.5, 0.6) is 0 Å². The summed E-state index contributed by atoms with van der Waals surface area (Å²) in [5.41, 5.74) is -0.165. The summed E-state index contributed by atoms with van der Waals surface area (Å²) in [7, 11) is 0. The number of nitrogens with one attached hydrogen (secondary N) is 1. The highest BCUT2D eigenvalue weighted by Gasteiger charge is 2.22. The van der Waals surface area contributed by atoms with Crippen molar-refractivity contribution >= 4 is 11.9 Å². The fourth-order valence-electron chi connectivity index (χ4n) is 1.85. The second kappa shape index (κ2) is 6.70. The zero-order valence-electron chi connectivity index (χ0n) is 11.2. The molecule has 1 aromatic carbocycles. The number of benzene rings is 1. The molecule has 0 aliphatic heterocycles. The number of aromatic nitrogens is 2. The summed E-state index contributed by atoms with van der Waals surface area (Å²) in [6.45, 7) is 0. The van der Waals surface area contributed by atoms with Gasteiger partial charge in [0.1, 0.15) is 17.3 Å². The maximum absolute atomic E-state index is 13.8. The van der Waals surface area contributed by atoms with Crippen LogP contribution in [0.3, 0.4) is 0 Å². The van der Waals surface area contributed by atoms with Gasteiger partial charge in [-0.1, -0.05) is 6.07 Å². The maximum Gasteiger partial charge on any atom is 0.305 e. The number of aliphatic carboxylic acids is 1. The van der Waals surface area contributed by atoms with E-state index < -0.39 is 36.0 Å². The number of carboxylic acids is 1. The van der Waals surface area contributed by atoms with E-state index >= 15 is 0 Å². The molecule has 114 valence electrons. The lowest BCUT2D eigenvalue weighted by Crippen LogP contribution is -2.31. The van der Waals surface area contributed by atoms with Crippen LogP contribution >= 0.6 is 0 Å². The van der Waals surface area contributed by atoms with Gasteiger partial charge in [-0.2, -0.15) is 0 Å². The SMILES string of the molecule is O=C(O)CC(NC(=O)c1cnccn1)c1ccc(F)cc1F. The Kier molecular flexibility index (Phi) is 4.72. The molecule has 1 unspecified atom stereocenters. The van der Waals surface area contributed by atoms with Crippen LogP contribution in [0.2, 0.25) is 0 Å². The van der Waals surface area contributed by atoms with Crippen LogP contribution < -0.4 is 5.32 Å². The minimum Gasteiger partial charge on any atom is -0.481 e. The summed E-state index contributed by atoms with van der Waals surface area (Å²) < 4.78 is 26.7. The van der Waals surface area contributed by atoms with Gasteiger partial charge < -0.3 is 10.4 Å². The zero-order chi connectivity index (χ0) is 16.1. The molecule has 0 saturated heterocycles. The van der Waals surface area contributed by atoms with E-state index in [1.54, 1.807) is 0 Å². The number of hydrogen-bond acceptors (Lipinski definition) is 4. The molecule has 1 heterocycles. The summed E-state index contributed by atoms with van der Waals surface area (Å²) >= 11 is 0. The number of carbonyl (C=O) groups excluding carboxylic acids is 1. The fourth-order valence-corrected chi connectivity index (χ4v) is 1.85. The number of halogens is 2. The predicted molar refractivity (Wildman–Crippen MR) is 70.9 cm³/mol. The van der Waals surface area contributed by atoms with Crippen molar-refractivity contribution in [1.82, 2.24) is 15.3 Å². The summed E-state index contributed by atoms with van der Waals surface area (Å²) in [5, 5.41) is 11.3. The standard InChI is InChI=1S/C14H11F2N3O3/c15-8-1-2-9(10(16)5-8)11(6-13(20)21)19-14(22)12-7-17-3-4-18-12/h1-5,7,11H,6H2,(H,19,22)(H,20,21). The van der Waals surface area contributed by atoms with Gasteiger partial charge in [-0.3, -0.25) is 14.6 Å². The van der Waals surface area contributed by atoms with Gasteiger partial charge >= 0.3 is 5.97 Å². The Hall–Kier alpha value is -2.90. The molecular formula is C14H11F2N3O3. The molecule has 1 aromatic heterocycles. The van der Waals surface area contributed by atoms with Crippen molar-refractivity contribution in [2.24, 2.45) is 0 Å². The van der Waals surface area contributed by atoms with Crippen LogP contribution in [0.15, 0.2) is 36.8 Å². The highest BCUT2D eigenvalue weighted by Crippen LogP contribution is 2.21. The van der Waals surface area contributed by atoms with E-state index in [4.69, 9.17) is 5.11 Å². The van der Waals surface area contributed by atoms with E-state index in [-0.39, 0.29) is 11.3 Å². The van der Waals surface area contributed by atoms with E-state index in [2.05, 4.69) is 15.3 Å². The number of hydrogen-bond donors (Lipinski definition) is 2. The highest BCUT2D eigenvalue weighted by molar-refractivity contribution is 5.92. The first kappa shape index (κ1) is 15.5. The Morgan fingerprint density at radius 3 is 2.64 bits per heavy atom. The average Bonchev–Trinajstić information content (AvgIpc) is 2.47. The number of nitrogens with zero attached hydrogens (tertiary/aromatic N) is 2. The zero-order valence-corrected chi connectivity index (χ0v) is 11.2. The normalized spacial score (nSPS) is 11.7. The molecule has 1 atom stereocenters. The van der Waals surface area contributed by atoms with Crippen molar-refractivity contribution in [3.63, 3.8) is 0 Å². The smallest absolute Gasteiger partial charge is 0.305 e. The Labute approximate surface area is 123 Å². The van der Waals surface area contributed by atoms with E-state index in [0.29, 0.717) is 6.07 Å². The molecule has 2 aromatic rings. The summed E-state index contributed by atoms with van der Waals surface area (Å²) in [5.74, 6) is -3.68. The first-order chi connectivity index (χ1) is 10.5. The maximum atomic E-state index is 13.8. The lowest BCUT2D eigenvalue weighted by molar-refractivity contribution is -0.137. The van der Waals surface area contributed by atoms with Crippen LogP contribution in [0.4, 0.5) is 8.78 Å². The average molecular weight is 307 g/mol. The third-order valence-corrected chi connectivity index (χ3v) is 2.82. The van der Waals surface area contributed by atoms with Crippen molar-refractivity contribution in [3.05, 3.63) is 59.7 Å². The van der Waals surface area contributed by atoms with Crippen LogP contribution in [0.25, 0.3) is 0 Å². The lowest BCUT2D eigenvalue weighted by Gasteiger charge is -2.17. The molecule has 2 N–H and O–H groups in total. The van der Waals surface area contributed by atoms with Gasteiger partial charge in [-0.05, 0) is 6.07 Å². The van der Waals surface area contributed by atoms with Gasteiger partial charge in [-0.25, -0.2) is 13.8 Å². The monoisotopic (exact) mass is 307 g/mol. The predicted octanol–water partition coefficient (Wildman–Crippen LogP) is 1.70. The third kappa shape index (κ3) is 3.81. The Morgan fingerprint density at radius 1 is 1.27 bits per heavy atom. The van der Waals surface area contributed by atoms with Crippen molar-refractivity contribution in [1.29, 1.82) is 0 Å². The van der Waals surface area contributed by atoms with Gasteiger partial charge in [0.2, 0.25) is 0 Å². The van der Waals surface area contributed by atoms with Crippen molar-refractivity contribution in [2.45, 2.75) is 12.5 Å². The molecular weight excluding hydrogens is 296 g/mol. The molecule has 0 aliphatic rings. The first-order valence-electron chi connectivity index (χ1n) is 6.21. The Bertz CT molecular complexity index is 695. The van der Waals surface area contributed by atoms with E-state index in [1.807, 2.05) is 0 Å². The van der Waals surface area contributed by atoms with Gasteiger partial charge in [0.15, 0.2) is 0 Å². The summed E-state index contributed by atoms with van der Waals surface area (Å²) in [6, 6.07) is 1.54. The number of rotatable bonds is 5. The second-order valence-corrected chi connectivity index (χ2v) is 4.38. The molecule has 0 saturated carbocycles. The lowest BCUT2D eigenvalue weighted by atomic mass is 10.0. The number of amides is 1. The number of carbonyl (C=O) groups is 2. The fraction of sp³-hybridized carbons (Fsp3) is 0.143. The minimum absolute atomic E-state index is 0.0413. The largest absolute Gasteiger partial charge is 0.481 e. The molecule has 6 nitrogen and oxygen atoms in total. The third-order valence-electron chi connectivity index (χ3n) is 2.82. The van der Waals surface area contributed by atoms with Crippen molar-refractivity contribution < 1.29 is 23.5 Å². The van der Waals surface area contributed by atoms with Crippen LogP contribution in [0, 0.1) is 11.6 Å². The van der Waals surface area contributed by atoms with E-state index in [1.165, 1.54) is 18.6 Å². The molecule has 0 bridgehead atoms. The highest BCUT2D eigenvalue weighted by atomic mass is 19.1. The molecule has 0 fully saturated rings. The van der Waals surface area contributed by atoms with E-state index in [0.717, 1.165) is 12.1 Å². The number of carboxylic acid groups (broad SMARTS) is 1. The topological polar surface area (TPSA) is 92.2 Å². The molecule has 2 rings (SSSR count). The van der Waals surface area contributed by atoms with Crippen molar-refractivity contribution in [2.75, 3.05) is 0 Å². The first-order valence-corrected chi connectivity index (χ1v) is 6.21. The summed E-state index contributed by atoms with van der Waals surface area (Å²) in [6.07, 6.45) is 3.29. The van der Waals surface area contributed by atoms with Gasteiger partial charge in [0.05, 0.1) is 18.7 Å². The summed E-state index contributed by atoms with van der Waals surface area (Å²) in [4.78, 5) is 30.4. The molecule has 1 amide bonds. The Morgan fingerprint density at radius 2 is 2.05 bits per heavy atom. The molecule has 0 radical (unpaired) electrons. The van der Waals surface area contributed by atoms with Gasteiger partial charge in [0, 0.05) is 24.0 Å². The molecule has 8 heteroatoms. The molecule has 0 aliphatic carbocycles. The van der Waals surface area contributed by atoms with Gasteiger partial charge in [0.25, 0.3) is 5.91 Å². The van der Waals surface area contributed by atoms with Crippen molar-refractivity contribution in [3.8, 4) is 0 Å². The minimum atomic E-state index is -1.24. The molecule has 0 spiro atoms.